The number of rotatable bonds is 3. The number of amides is 2. The molecule has 2 heterocycles. The van der Waals surface area contributed by atoms with Gasteiger partial charge in [-0.2, -0.15) is 0 Å². The van der Waals surface area contributed by atoms with E-state index in [2.05, 4.69) is 10.2 Å². The Balaban J connectivity index is 1.34. The van der Waals surface area contributed by atoms with Gasteiger partial charge in [-0.1, -0.05) is 18.2 Å². The first-order valence-electron chi connectivity index (χ1n) is 9.45. The van der Waals surface area contributed by atoms with Gasteiger partial charge in [0.05, 0.1) is 6.61 Å². The summed E-state index contributed by atoms with van der Waals surface area (Å²) in [5, 5.41) is 12.0. The van der Waals surface area contributed by atoms with Crippen LogP contribution in [-0.2, 0) is 13.0 Å². The lowest BCUT2D eigenvalue weighted by atomic mass is 10.0. The van der Waals surface area contributed by atoms with Crippen LogP contribution in [-0.4, -0.2) is 41.7 Å². The van der Waals surface area contributed by atoms with Crippen LogP contribution in [0.3, 0.4) is 0 Å². The van der Waals surface area contributed by atoms with Crippen molar-refractivity contribution in [2.75, 3.05) is 29.9 Å². The summed E-state index contributed by atoms with van der Waals surface area (Å²) in [6.45, 7) is 2.29. The molecule has 0 radical (unpaired) electrons. The van der Waals surface area contributed by atoms with Crippen molar-refractivity contribution >= 4 is 17.4 Å². The van der Waals surface area contributed by atoms with Gasteiger partial charge in [-0.05, 0) is 54.7 Å². The molecule has 2 aliphatic heterocycles. The van der Waals surface area contributed by atoms with Crippen molar-refractivity contribution in [2.24, 2.45) is 0 Å². The molecule has 1 fully saturated rings. The van der Waals surface area contributed by atoms with Crippen LogP contribution in [0.1, 0.15) is 24.0 Å². The summed E-state index contributed by atoms with van der Waals surface area (Å²) in [5.41, 5.74) is 3.77. The minimum atomic E-state index is -0.190. The number of nitrogens with zero attached hydrogens (tertiary/aromatic N) is 2. The standard InChI is InChI=1S/C21H24FN3O2/c22-17-4-3-16-7-12-25(20(16)13-17)19-8-10-24(11-9-19)21(27)23-18-5-1-15(14-26)2-6-18/h1-6,13,19,26H,7-12,14H2,(H,23,27). The number of aliphatic hydroxyl groups excluding tert-OH is 1. The SMILES string of the molecule is O=C(Nc1ccc(CO)cc1)N1CCC(N2CCc3ccc(F)cc32)CC1. The molecule has 0 unspecified atom stereocenters. The highest BCUT2D eigenvalue weighted by Crippen LogP contribution is 2.33. The summed E-state index contributed by atoms with van der Waals surface area (Å²) in [7, 11) is 0. The zero-order chi connectivity index (χ0) is 18.8. The van der Waals surface area contributed by atoms with E-state index in [1.807, 2.05) is 11.0 Å². The van der Waals surface area contributed by atoms with Crippen molar-refractivity contribution in [2.45, 2.75) is 31.9 Å². The van der Waals surface area contributed by atoms with Crippen molar-refractivity contribution in [3.63, 3.8) is 0 Å². The smallest absolute Gasteiger partial charge is 0.321 e. The molecule has 6 heteroatoms. The zero-order valence-electron chi connectivity index (χ0n) is 15.2. The summed E-state index contributed by atoms with van der Waals surface area (Å²) in [4.78, 5) is 16.6. The van der Waals surface area contributed by atoms with E-state index in [4.69, 9.17) is 5.11 Å². The van der Waals surface area contributed by atoms with Gasteiger partial charge in [-0.25, -0.2) is 9.18 Å². The number of fused-ring (bicyclic) bond motifs is 1. The van der Waals surface area contributed by atoms with Crippen molar-refractivity contribution < 1.29 is 14.3 Å². The normalized spacial score (nSPS) is 17.1. The van der Waals surface area contributed by atoms with Gasteiger partial charge < -0.3 is 20.2 Å². The van der Waals surface area contributed by atoms with Gasteiger partial charge in [0, 0.05) is 37.1 Å². The maximum Gasteiger partial charge on any atom is 0.321 e. The minimum absolute atomic E-state index is 0.00866. The molecule has 5 nitrogen and oxygen atoms in total. The Kier molecular flexibility index (Phi) is 4.99. The molecule has 2 aromatic rings. The summed E-state index contributed by atoms with van der Waals surface area (Å²) >= 11 is 0. The maximum absolute atomic E-state index is 13.6. The number of nitrogens with one attached hydrogen (secondary N) is 1. The highest BCUT2D eigenvalue weighted by molar-refractivity contribution is 5.89. The third kappa shape index (κ3) is 3.76. The number of hydrogen-bond acceptors (Lipinski definition) is 3. The second-order valence-corrected chi connectivity index (χ2v) is 7.22. The zero-order valence-corrected chi connectivity index (χ0v) is 15.2. The van der Waals surface area contributed by atoms with Gasteiger partial charge in [-0.3, -0.25) is 0 Å². The van der Waals surface area contributed by atoms with Crippen LogP contribution in [0, 0.1) is 5.82 Å². The topological polar surface area (TPSA) is 55.8 Å². The summed E-state index contributed by atoms with van der Waals surface area (Å²) in [5.74, 6) is -0.190. The monoisotopic (exact) mass is 369 g/mol. The predicted octanol–water partition coefficient (Wildman–Crippen LogP) is 3.38. The lowest BCUT2D eigenvalue weighted by Crippen LogP contribution is -2.47. The van der Waals surface area contributed by atoms with E-state index < -0.39 is 0 Å². The molecule has 0 aromatic heterocycles. The van der Waals surface area contributed by atoms with Crippen LogP contribution < -0.4 is 10.2 Å². The number of halogens is 1. The number of hydrogen-bond donors (Lipinski definition) is 2. The number of aliphatic hydroxyl groups is 1. The van der Waals surface area contributed by atoms with Crippen molar-refractivity contribution in [3.05, 3.63) is 59.4 Å². The van der Waals surface area contributed by atoms with Crippen LogP contribution in [0.4, 0.5) is 20.6 Å². The number of carbonyl (C=O) groups excluding carboxylic acids is 1. The fourth-order valence-electron chi connectivity index (χ4n) is 4.03. The highest BCUT2D eigenvalue weighted by Gasteiger charge is 2.30. The molecule has 27 heavy (non-hydrogen) atoms. The van der Waals surface area contributed by atoms with Gasteiger partial charge in [-0.15, -0.1) is 0 Å². The molecule has 2 N–H and O–H groups in total. The van der Waals surface area contributed by atoms with E-state index in [1.54, 1.807) is 30.3 Å². The Labute approximate surface area is 158 Å². The summed E-state index contributed by atoms with van der Waals surface area (Å²) in [6.07, 6.45) is 2.72. The molecule has 2 amide bonds. The Morgan fingerprint density at radius 3 is 2.56 bits per heavy atom. The van der Waals surface area contributed by atoms with Gasteiger partial charge in [0.1, 0.15) is 5.82 Å². The largest absolute Gasteiger partial charge is 0.392 e. The third-order valence-electron chi connectivity index (χ3n) is 5.56. The van der Waals surface area contributed by atoms with Gasteiger partial charge in [0.25, 0.3) is 0 Å². The number of carbonyl (C=O) groups is 1. The summed E-state index contributed by atoms with van der Waals surface area (Å²) < 4.78 is 13.6. The molecule has 0 spiro atoms. The lowest BCUT2D eigenvalue weighted by molar-refractivity contribution is 0.193. The third-order valence-corrected chi connectivity index (χ3v) is 5.56. The fraction of sp³-hybridized carbons (Fsp3) is 0.381. The van der Waals surface area contributed by atoms with Crippen LogP contribution >= 0.6 is 0 Å². The lowest BCUT2D eigenvalue weighted by Gasteiger charge is -2.38. The van der Waals surface area contributed by atoms with E-state index in [0.29, 0.717) is 19.1 Å². The molecule has 0 atom stereocenters. The Bertz CT molecular complexity index is 817. The van der Waals surface area contributed by atoms with E-state index in [-0.39, 0.29) is 18.5 Å². The maximum atomic E-state index is 13.6. The van der Waals surface area contributed by atoms with Crippen molar-refractivity contribution in [1.82, 2.24) is 4.90 Å². The quantitative estimate of drug-likeness (QED) is 0.872. The van der Waals surface area contributed by atoms with Crippen LogP contribution in [0.15, 0.2) is 42.5 Å². The summed E-state index contributed by atoms with van der Waals surface area (Å²) in [6, 6.07) is 12.5. The Morgan fingerprint density at radius 2 is 1.85 bits per heavy atom. The first kappa shape index (κ1) is 17.8. The average Bonchev–Trinajstić information content (AvgIpc) is 3.11. The van der Waals surface area contributed by atoms with E-state index >= 15 is 0 Å². The average molecular weight is 369 g/mol. The highest BCUT2D eigenvalue weighted by atomic mass is 19.1. The van der Waals surface area contributed by atoms with Crippen LogP contribution in [0.2, 0.25) is 0 Å². The first-order valence-corrected chi connectivity index (χ1v) is 9.45. The second kappa shape index (κ2) is 7.56. The molecular weight excluding hydrogens is 345 g/mol. The fourth-order valence-corrected chi connectivity index (χ4v) is 4.03. The Hall–Kier alpha value is -2.60. The van der Waals surface area contributed by atoms with Gasteiger partial charge >= 0.3 is 6.03 Å². The molecule has 2 aromatic carbocycles. The van der Waals surface area contributed by atoms with E-state index in [9.17, 15) is 9.18 Å². The minimum Gasteiger partial charge on any atom is -0.392 e. The molecule has 0 saturated carbocycles. The number of likely N-dealkylation sites (tertiary alicyclic amines) is 1. The molecule has 142 valence electrons. The Morgan fingerprint density at radius 1 is 1.11 bits per heavy atom. The van der Waals surface area contributed by atoms with Crippen LogP contribution in [0.25, 0.3) is 0 Å². The first-order chi connectivity index (χ1) is 13.1. The van der Waals surface area contributed by atoms with Gasteiger partial charge in [0.2, 0.25) is 0 Å². The molecule has 4 rings (SSSR count). The van der Waals surface area contributed by atoms with Crippen LogP contribution in [0.5, 0.6) is 0 Å². The molecule has 0 aliphatic carbocycles. The predicted molar refractivity (Wildman–Crippen MR) is 103 cm³/mol. The number of benzene rings is 2. The van der Waals surface area contributed by atoms with Crippen molar-refractivity contribution in [1.29, 1.82) is 0 Å². The molecule has 0 bridgehead atoms. The number of urea groups is 1. The number of piperidine rings is 1. The van der Waals surface area contributed by atoms with E-state index in [0.717, 1.165) is 42.7 Å². The van der Waals surface area contributed by atoms with E-state index in [1.165, 1.54) is 11.6 Å². The molecular formula is C21H24FN3O2. The van der Waals surface area contributed by atoms with Gasteiger partial charge in [0.15, 0.2) is 0 Å². The molecule has 2 aliphatic rings. The second-order valence-electron chi connectivity index (χ2n) is 7.22. The van der Waals surface area contributed by atoms with Crippen molar-refractivity contribution in [3.8, 4) is 0 Å². The molecule has 1 saturated heterocycles. The number of anilines is 2.